The quantitative estimate of drug-likeness (QED) is 0.245. The molecular weight excluding hydrogens is 466 g/mol. The molecule has 1 aromatic heterocycles. The Kier molecular flexibility index (Phi) is 8.59. The summed E-state index contributed by atoms with van der Waals surface area (Å²) in [5, 5.41) is 27.6. The molecule has 0 aliphatic carbocycles. The third-order valence-corrected chi connectivity index (χ3v) is 6.72. The summed E-state index contributed by atoms with van der Waals surface area (Å²) in [7, 11) is 0. The maximum atomic E-state index is 12.1. The number of nitrogens with zero attached hydrogens (tertiary/aromatic N) is 1. The maximum Gasteiger partial charge on any atom is 0.319 e. The zero-order chi connectivity index (χ0) is 24.6. The second-order valence-corrected chi connectivity index (χ2v) is 9.18. The zero-order valence-electron chi connectivity index (χ0n) is 19.4. The highest BCUT2D eigenvalue weighted by molar-refractivity contribution is 7.99. The first-order valence-electron chi connectivity index (χ1n) is 11.5. The number of hydrogen-bond donors (Lipinski definition) is 3. The number of thioether (sulfide) groups is 1. The standard InChI is InChI=1S/C26H29N3O5S/c1-2-27-26(31)28-21-7-5-6-20(14-21)25-33-22(17-35-24-8-3-4-13-29(24)32)15-23(34-25)19-11-9-18(16-30)10-12-19/h3-14,22-23,25,30H,2,15-17H2,1H3,(H2,27,28,31)/t22-,23+,25+/m0/s1. The number of hydrogen-bond acceptors (Lipinski definition) is 6. The Morgan fingerprint density at radius 3 is 2.69 bits per heavy atom. The van der Waals surface area contributed by atoms with Gasteiger partial charge in [0, 0.05) is 42.1 Å². The van der Waals surface area contributed by atoms with Crippen molar-refractivity contribution in [1.82, 2.24) is 5.32 Å². The van der Waals surface area contributed by atoms with Crippen LogP contribution in [0.5, 0.6) is 0 Å². The highest BCUT2D eigenvalue weighted by atomic mass is 32.2. The van der Waals surface area contributed by atoms with Gasteiger partial charge in [-0.1, -0.05) is 48.2 Å². The van der Waals surface area contributed by atoms with Gasteiger partial charge < -0.3 is 30.4 Å². The van der Waals surface area contributed by atoms with Crippen LogP contribution in [0.2, 0.25) is 0 Å². The van der Waals surface area contributed by atoms with Crippen LogP contribution >= 0.6 is 11.8 Å². The van der Waals surface area contributed by atoms with Crippen LogP contribution in [0.15, 0.2) is 78.0 Å². The van der Waals surface area contributed by atoms with Crippen LogP contribution in [-0.2, 0) is 16.1 Å². The van der Waals surface area contributed by atoms with E-state index in [1.165, 1.54) is 18.0 Å². The van der Waals surface area contributed by atoms with Gasteiger partial charge in [-0.3, -0.25) is 0 Å². The molecule has 2 amide bonds. The lowest BCUT2D eigenvalue weighted by Gasteiger charge is -2.36. The van der Waals surface area contributed by atoms with Crippen molar-refractivity contribution in [3.63, 3.8) is 0 Å². The largest absolute Gasteiger partial charge is 0.618 e. The molecule has 0 bridgehead atoms. The number of rotatable bonds is 8. The predicted octanol–water partition coefficient (Wildman–Crippen LogP) is 4.29. The maximum absolute atomic E-state index is 12.1. The van der Waals surface area contributed by atoms with Crippen LogP contribution in [0.1, 0.15) is 42.4 Å². The van der Waals surface area contributed by atoms with Gasteiger partial charge in [-0.2, -0.15) is 4.73 Å². The Morgan fingerprint density at radius 1 is 1.11 bits per heavy atom. The number of benzene rings is 2. The lowest BCUT2D eigenvalue weighted by molar-refractivity contribution is -0.645. The van der Waals surface area contributed by atoms with E-state index >= 15 is 0 Å². The summed E-state index contributed by atoms with van der Waals surface area (Å²) in [5.41, 5.74) is 3.24. The van der Waals surface area contributed by atoms with Crippen LogP contribution in [0.25, 0.3) is 0 Å². The number of ether oxygens (including phenoxy) is 2. The molecule has 3 N–H and O–H groups in total. The smallest absolute Gasteiger partial charge is 0.319 e. The first kappa shape index (κ1) is 25.0. The number of urea groups is 1. The minimum absolute atomic E-state index is 0.0194. The van der Waals surface area contributed by atoms with Gasteiger partial charge in [0.15, 0.2) is 12.5 Å². The molecule has 3 atom stereocenters. The lowest BCUT2D eigenvalue weighted by atomic mass is 10.0. The fourth-order valence-corrected chi connectivity index (χ4v) is 4.76. The van der Waals surface area contributed by atoms with Crippen molar-refractivity contribution in [2.24, 2.45) is 0 Å². The molecule has 0 spiro atoms. The van der Waals surface area contributed by atoms with E-state index in [9.17, 15) is 15.1 Å². The number of aliphatic hydroxyl groups excluding tert-OH is 1. The third kappa shape index (κ3) is 6.73. The van der Waals surface area contributed by atoms with E-state index in [2.05, 4.69) is 10.6 Å². The van der Waals surface area contributed by atoms with Gasteiger partial charge in [0.25, 0.3) is 5.03 Å². The molecule has 1 aliphatic rings. The van der Waals surface area contributed by atoms with Crippen molar-refractivity contribution >= 4 is 23.5 Å². The van der Waals surface area contributed by atoms with E-state index in [-0.39, 0.29) is 24.8 Å². The minimum Gasteiger partial charge on any atom is -0.618 e. The van der Waals surface area contributed by atoms with Gasteiger partial charge in [-0.15, -0.1) is 0 Å². The Hall–Kier alpha value is -3.11. The molecule has 4 rings (SSSR count). The van der Waals surface area contributed by atoms with Crippen LogP contribution < -0.4 is 15.4 Å². The lowest BCUT2D eigenvalue weighted by Crippen LogP contribution is -2.33. The SMILES string of the molecule is CCNC(=O)Nc1cccc([C@@H]2O[C@H](CSc3cccc[n+]3[O-])C[C@H](c3ccc(CO)cc3)O2)c1. The van der Waals surface area contributed by atoms with Crippen molar-refractivity contribution in [3.8, 4) is 0 Å². The van der Waals surface area contributed by atoms with Crippen LogP contribution in [-0.4, -0.2) is 29.5 Å². The fraction of sp³-hybridized carbons (Fsp3) is 0.308. The first-order chi connectivity index (χ1) is 17.1. The van der Waals surface area contributed by atoms with Crippen molar-refractivity contribution in [3.05, 3.63) is 94.8 Å². The Morgan fingerprint density at radius 2 is 1.94 bits per heavy atom. The number of amides is 2. The highest BCUT2D eigenvalue weighted by Crippen LogP contribution is 2.39. The van der Waals surface area contributed by atoms with Gasteiger partial charge in [0.05, 0.1) is 18.8 Å². The zero-order valence-corrected chi connectivity index (χ0v) is 20.2. The van der Waals surface area contributed by atoms with E-state index in [1.54, 1.807) is 12.1 Å². The fourth-order valence-electron chi connectivity index (χ4n) is 3.82. The third-order valence-electron chi connectivity index (χ3n) is 5.57. The van der Waals surface area contributed by atoms with Crippen LogP contribution in [0.3, 0.4) is 0 Å². The predicted molar refractivity (Wildman–Crippen MR) is 134 cm³/mol. The number of aliphatic hydroxyl groups is 1. The van der Waals surface area contributed by atoms with E-state index < -0.39 is 6.29 Å². The summed E-state index contributed by atoms with van der Waals surface area (Å²) in [6.45, 7) is 2.37. The van der Waals surface area contributed by atoms with Crippen LogP contribution in [0, 0.1) is 5.21 Å². The van der Waals surface area contributed by atoms with E-state index in [0.717, 1.165) is 21.4 Å². The minimum atomic E-state index is -0.650. The molecule has 1 saturated heterocycles. The second-order valence-electron chi connectivity index (χ2n) is 8.14. The van der Waals surface area contributed by atoms with E-state index in [4.69, 9.17) is 9.47 Å². The molecule has 3 aromatic rings. The number of nitrogens with one attached hydrogen (secondary N) is 2. The molecule has 35 heavy (non-hydrogen) atoms. The number of carbonyl (C=O) groups is 1. The topological polar surface area (TPSA) is 107 Å². The summed E-state index contributed by atoms with van der Waals surface area (Å²) in [6, 6.07) is 20.1. The number of aromatic nitrogens is 1. The highest BCUT2D eigenvalue weighted by Gasteiger charge is 2.32. The molecule has 1 aliphatic heterocycles. The molecular formula is C26H29N3O5S. The molecule has 2 heterocycles. The van der Waals surface area contributed by atoms with Crippen LogP contribution in [0.4, 0.5) is 10.5 Å². The Bertz CT molecular complexity index is 1130. The summed E-state index contributed by atoms with van der Waals surface area (Å²) in [5.74, 6) is 0.578. The average Bonchev–Trinajstić information content (AvgIpc) is 2.88. The number of pyridine rings is 1. The van der Waals surface area contributed by atoms with Gasteiger partial charge in [-0.05, 0) is 36.2 Å². The molecule has 2 aromatic carbocycles. The number of anilines is 1. The van der Waals surface area contributed by atoms with Crippen molar-refractivity contribution < 1.29 is 24.1 Å². The Balaban J connectivity index is 1.54. The van der Waals surface area contributed by atoms with Crippen molar-refractivity contribution in [2.45, 2.75) is 43.5 Å². The first-order valence-corrected chi connectivity index (χ1v) is 12.5. The summed E-state index contributed by atoms with van der Waals surface area (Å²) < 4.78 is 13.5. The van der Waals surface area contributed by atoms with Gasteiger partial charge in [0.1, 0.15) is 0 Å². The average molecular weight is 496 g/mol. The summed E-state index contributed by atoms with van der Waals surface area (Å²) in [6.07, 6.45) is 1.03. The van der Waals surface area contributed by atoms with Gasteiger partial charge in [0.2, 0.25) is 0 Å². The number of carbonyl (C=O) groups excluding carboxylic acids is 1. The summed E-state index contributed by atoms with van der Waals surface area (Å²) in [4.78, 5) is 12.0. The summed E-state index contributed by atoms with van der Waals surface area (Å²) >= 11 is 1.44. The molecule has 0 saturated carbocycles. The molecule has 0 radical (unpaired) electrons. The molecule has 8 nitrogen and oxygen atoms in total. The normalized spacial score (nSPS) is 19.8. The molecule has 1 fully saturated rings. The Labute approximate surface area is 208 Å². The van der Waals surface area contributed by atoms with E-state index in [1.807, 2.05) is 61.5 Å². The van der Waals surface area contributed by atoms with Crippen molar-refractivity contribution in [2.75, 3.05) is 17.6 Å². The van der Waals surface area contributed by atoms with Gasteiger partial charge in [-0.25, -0.2) is 4.79 Å². The van der Waals surface area contributed by atoms with Gasteiger partial charge >= 0.3 is 6.03 Å². The monoisotopic (exact) mass is 495 g/mol. The van der Waals surface area contributed by atoms with Crippen molar-refractivity contribution in [1.29, 1.82) is 0 Å². The van der Waals surface area contributed by atoms with E-state index in [0.29, 0.717) is 29.4 Å². The molecule has 0 unspecified atom stereocenters. The second kappa shape index (κ2) is 12.0. The molecule has 184 valence electrons. The molecule has 9 heteroatoms.